The van der Waals surface area contributed by atoms with Gasteiger partial charge in [0.2, 0.25) is 11.8 Å². The third-order valence-electron chi connectivity index (χ3n) is 3.61. The highest BCUT2D eigenvalue weighted by atomic mass is 35.5. The summed E-state index contributed by atoms with van der Waals surface area (Å²) in [6, 6.07) is 2.95. The third kappa shape index (κ3) is 3.02. The van der Waals surface area contributed by atoms with Crippen LogP contribution in [-0.2, 0) is 9.59 Å². The fraction of sp³-hybridized carbons (Fsp3) is 0.467. The minimum Gasteiger partial charge on any atom is -0.342 e. The third-order valence-corrected chi connectivity index (χ3v) is 3.90. The van der Waals surface area contributed by atoms with Gasteiger partial charge in [-0.3, -0.25) is 14.5 Å². The number of rotatable bonds is 4. The molecule has 0 bridgehead atoms. The van der Waals surface area contributed by atoms with Gasteiger partial charge >= 0.3 is 0 Å². The van der Waals surface area contributed by atoms with E-state index in [2.05, 4.69) is 5.32 Å². The topological polar surface area (TPSA) is 49.4 Å². The van der Waals surface area contributed by atoms with E-state index in [-0.39, 0.29) is 16.8 Å². The Hall–Kier alpha value is -1.62. The number of benzene rings is 1. The Morgan fingerprint density at radius 1 is 1.33 bits per heavy atom. The molecule has 2 rings (SSSR count). The molecule has 114 valence electrons. The van der Waals surface area contributed by atoms with Gasteiger partial charge in [-0.25, -0.2) is 4.39 Å². The SMILES string of the molecule is CCCC1NC(=O)C(CC)N(c2ccc(F)c(Cl)c2)C1=O. The van der Waals surface area contributed by atoms with E-state index < -0.39 is 17.9 Å². The van der Waals surface area contributed by atoms with Crippen LogP contribution in [0, 0.1) is 5.82 Å². The molecule has 6 heteroatoms. The van der Waals surface area contributed by atoms with E-state index in [9.17, 15) is 14.0 Å². The van der Waals surface area contributed by atoms with E-state index in [0.29, 0.717) is 18.5 Å². The highest BCUT2D eigenvalue weighted by molar-refractivity contribution is 6.31. The van der Waals surface area contributed by atoms with Crippen molar-refractivity contribution in [2.24, 2.45) is 0 Å². The molecule has 4 nitrogen and oxygen atoms in total. The maximum Gasteiger partial charge on any atom is 0.250 e. The van der Waals surface area contributed by atoms with Crippen LogP contribution in [-0.4, -0.2) is 23.9 Å². The lowest BCUT2D eigenvalue weighted by Gasteiger charge is -2.38. The van der Waals surface area contributed by atoms with Gasteiger partial charge in [0.15, 0.2) is 0 Å². The number of nitrogens with one attached hydrogen (secondary N) is 1. The van der Waals surface area contributed by atoms with Crippen molar-refractivity contribution in [1.82, 2.24) is 5.32 Å². The standard InChI is InChI=1S/C15H18ClFN2O2/c1-3-5-12-15(21)19(13(4-2)14(20)18-12)9-6-7-11(17)10(16)8-9/h6-8,12-13H,3-5H2,1-2H3,(H,18,20). The van der Waals surface area contributed by atoms with Crippen molar-refractivity contribution in [2.45, 2.75) is 45.2 Å². The molecule has 1 fully saturated rings. The van der Waals surface area contributed by atoms with E-state index in [1.165, 1.54) is 23.1 Å². The van der Waals surface area contributed by atoms with Crippen molar-refractivity contribution in [3.05, 3.63) is 29.0 Å². The molecule has 1 aliphatic rings. The predicted octanol–water partition coefficient (Wildman–Crippen LogP) is 2.89. The van der Waals surface area contributed by atoms with Crippen molar-refractivity contribution < 1.29 is 14.0 Å². The Balaban J connectivity index is 2.41. The molecular formula is C15H18ClFN2O2. The number of amides is 2. The lowest BCUT2D eigenvalue weighted by atomic mass is 10.0. The van der Waals surface area contributed by atoms with Crippen LogP contribution in [0.1, 0.15) is 33.1 Å². The largest absolute Gasteiger partial charge is 0.342 e. The summed E-state index contributed by atoms with van der Waals surface area (Å²) in [6.45, 7) is 3.78. The number of hydrogen-bond acceptors (Lipinski definition) is 2. The van der Waals surface area contributed by atoms with E-state index in [1.54, 1.807) is 0 Å². The van der Waals surface area contributed by atoms with E-state index >= 15 is 0 Å². The first-order valence-corrected chi connectivity index (χ1v) is 7.45. The molecule has 0 aromatic heterocycles. The summed E-state index contributed by atoms with van der Waals surface area (Å²) in [5.41, 5.74) is 0.453. The molecule has 2 unspecified atom stereocenters. The molecule has 1 aliphatic heterocycles. The van der Waals surface area contributed by atoms with Crippen LogP contribution in [0.4, 0.5) is 10.1 Å². The van der Waals surface area contributed by atoms with Crippen molar-refractivity contribution in [2.75, 3.05) is 4.90 Å². The van der Waals surface area contributed by atoms with Crippen LogP contribution in [0.25, 0.3) is 0 Å². The molecule has 1 saturated heterocycles. The quantitative estimate of drug-likeness (QED) is 0.929. The molecule has 0 aliphatic carbocycles. The van der Waals surface area contributed by atoms with Crippen LogP contribution in [0.15, 0.2) is 18.2 Å². The summed E-state index contributed by atoms with van der Waals surface area (Å²) in [5.74, 6) is -0.908. The predicted molar refractivity (Wildman–Crippen MR) is 79.8 cm³/mol. The van der Waals surface area contributed by atoms with Gasteiger partial charge in [0.1, 0.15) is 17.9 Å². The minimum absolute atomic E-state index is 0.0619. The molecule has 1 N–H and O–H groups in total. The van der Waals surface area contributed by atoms with Gasteiger partial charge < -0.3 is 5.32 Å². The number of halogens is 2. The van der Waals surface area contributed by atoms with Crippen molar-refractivity contribution in [1.29, 1.82) is 0 Å². The molecular weight excluding hydrogens is 295 g/mol. The summed E-state index contributed by atoms with van der Waals surface area (Å²) in [5, 5.41) is 2.69. The van der Waals surface area contributed by atoms with Crippen molar-refractivity contribution in [3.63, 3.8) is 0 Å². The maximum atomic E-state index is 13.3. The van der Waals surface area contributed by atoms with Crippen LogP contribution in [0.2, 0.25) is 5.02 Å². The smallest absolute Gasteiger partial charge is 0.250 e. The lowest BCUT2D eigenvalue weighted by molar-refractivity contribution is -0.134. The zero-order chi connectivity index (χ0) is 15.6. The van der Waals surface area contributed by atoms with Gasteiger partial charge in [0.25, 0.3) is 0 Å². The van der Waals surface area contributed by atoms with Crippen LogP contribution >= 0.6 is 11.6 Å². The molecule has 2 atom stereocenters. The van der Waals surface area contributed by atoms with Gasteiger partial charge in [-0.05, 0) is 31.0 Å². The Kier molecular flexibility index (Phi) is 4.83. The van der Waals surface area contributed by atoms with E-state index in [0.717, 1.165) is 6.42 Å². The molecule has 2 amide bonds. The van der Waals surface area contributed by atoms with Gasteiger partial charge in [-0.15, -0.1) is 0 Å². The van der Waals surface area contributed by atoms with E-state index in [1.807, 2.05) is 13.8 Å². The van der Waals surface area contributed by atoms with Crippen LogP contribution < -0.4 is 10.2 Å². The van der Waals surface area contributed by atoms with Crippen LogP contribution in [0.3, 0.4) is 0 Å². The lowest BCUT2D eigenvalue weighted by Crippen LogP contribution is -2.63. The highest BCUT2D eigenvalue weighted by Gasteiger charge is 2.40. The second-order valence-electron chi connectivity index (χ2n) is 5.08. The van der Waals surface area contributed by atoms with Crippen molar-refractivity contribution >= 4 is 29.1 Å². The van der Waals surface area contributed by atoms with Crippen molar-refractivity contribution in [3.8, 4) is 0 Å². The number of anilines is 1. The Labute approximate surface area is 128 Å². The van der Waals surface area contributed by atoms with Crippen LogP contribution in [0.5, 0.6) is 0 Å². The molecule has 0 radical (unpaired) electrons. The number of carbonyl (C=O) groups excluding carboxylic acids is 2. The fourth-order valence-corrected chi connectivity index (χ4v) is 2.74. The first kappa shape index (κ1) is 15.8. The zero-order valence-electron chi connectivity index (χ0n) is 12.0. The summed E-state index contributed by atoms with van der Waals surface area (Å²) in [6.07, 6.45) is 1.84. The zero-order valence-corrected chi connectivity index (χ0v) is 12.8. The molecule has 1 aromatic rings. The molecule has 0 spiro atoms. The first-order valence-electron chi connectivity index (χ1n) is 7.08. The Bertz CT molecular complexity index is 565. The molecule has 1 aromatic carbocycles. The maximum absolute atomic E-state index is 13.3. The average molecular weight is 313 g/mol. The van der Waals surface area contributed by atoms with Gasteiger partial charge in [0, 0.05) is 5.69 Å². The second kappa shape index (κ2) is 6.43. The number of nitrogens with zero attached hydrogens (tertiary/aromatic N) is 1. The van der Waals surface area contributed by atoms with Gasteiger partial charge in [0.05, 0.1) is 5.02 Å². The summed E-state index contributed by atoms with van der Waals surface area (Å²) >= 11 is 5.79. The monoisotopic (exact) mass is 312 g/mol. The Morgan fingerprint density at radius 3 is 2.62 bits per heavy atom. The molecule has 0 saturated carbocycles. The molecule has 1 heterocycles. The summed E-state index contributed by atoms with van der Waals surface area (Å²) in [7, 11) is 0. The Morgan fingerprint density at radius 2 is 2.05 bits per heavy atom. The fourth-order valence-electron chi connectivity index (χ4n) is 2.56. The summed E-state index contributed by atoms with van der Waals surface area (Å²) < 4.78 is 13.3. The average Bonchev–Trinajstić information content (AvgIpc) is 2.45. The minimum atomic E-state index is -0.591. The molecule has 21 heavy (non-hydrogen) atoms. The number of carbonyl (C=O) groups is 2. The van der Waals surface area contributed by atoms with Gasteiger partial charge in [-0.2, -0.15) is 0 Å². The number of piperazine rings is 1. The first-order chi connectivity index (χ1) is 9.99. The summed E-state index contributed by atoms with van der Waals surface area (Å²) in [4.78, 5) is 26.2. The van der Waals surface area contributed by atoms with Gasteiger partial charge in [-0.1, -0.05) is 31.9 Å². The van der Waals surface area contributed by atoms with E-state index in [4.69, 9.17) is 11.6 Å². The highest BCUT2D eigenvalue weighted by Crippen LogP contribution is 2.28. The second-order valence-corrected chi connectivity index (χ2v) is 5.49. The number of hydrogen-bond donors (Lipinski definition) is 1. The normalized spacial score (nSPS) is 22.4.